The van der Waals surface area contributed by atoms with Crippen LogP contribution in [0.1, 0.15) is 33.6 Å². The number of morpholine rings is 1. The van der Waals surface area contributed by atoms with Crippen molar-refractivity contribution >= 4 is 0 Å². The fourth-order valence-electron chi connectivity index (χ4n) is 2.78. The summed E-state index contributed by atoms with van der Waals surface area (Å²) in [5.74, 6) is 0.628. The lowest BCUT2D eigenvalue weighted by Crippen LogP contribution is -2.48. The third kappa shape index (κ3) is 2.96. The Labute approximate surface area is 99.1 Å². The van der Waals surface area contributed by atoms with Crippen molar-refractivity contribution in [3.8, 4) is 0 Å². The average Bonchev–Trinajstić information content (AvgIpc) is 2.50. The molecule has 0 aromatic heterocycles. The Hall–Kier alpha value is -0.120. The fraction of sp³-hybridized carbons (Fsp3) is 1.00. The van der Waals surface area contributed by atoms with E-state index in [1.165, 1.54) is 19.4 Å². The lowest BCUT2D eigenvalue weighted by atomic mass is 10.1. The zero-order valence-corrected chi connectivity index (χ0v) is 10.8. The molecule has 16 heavy (non-hydrogen) atoms. The van der Waals surface area contributed by atoms with Crippen LogP contribution in [0.2, 0.25) is 0 Å². The van der Waals surface area contributed by atoms with Crippen molar-refractivity contribution in [1.82, 2.24) is 4.90 Å². The first-order valence-corrected chi connectivity index (χ1v) is 6.62. The summed E-state index contributed by atoms with van der Waals surface area (Å²) in [6, 6.07) is 1.36. The SMILES string of the molecule is CC(C)OC[C@H](C)CN1C2CCC1COC2. The molecule has 0 N–H and O–H groups in total. The third-order valence-corrected chi connectivity index (χ3v) is 3.63. The smallest absolute Gasteiger partial charge is 0.0622 e. The van der Waals surface area contributed by atoms with Crippen molar-refractivity contribution in [2.45, 2.75) is 51.8 Å². The molecule has 2 fully saturated rings. The van der Waals surface area contributed by atoms with Crippen LogP contribution in [-0.2, 0) is 9.47 Å². The number of rotatable bonds is 5. The van der Waals surface area contributed by atoms with E-state index in [0.29, 0.717) is 24.1 Å². The predicted molar refractivity (Wildman–Crippen MR) is 64.6 cm³/mol. The summed E-state index contributed by atoms with van der Waals surface area (Å²) in [6.07, 6.45) is 2.99. The second kappa shape index (κ2) is 5.48. The van der Waals surface area contributed by atoms with Crippen LogP contribution in [0.3, 0.4) is 0 Å². The van der Waals surface area contributed by atoms with E-state index in [9.17, 15) is 0 Å². The van der Waals surface area contributed by atoms with E-state index in [0.717, 1.165) is 19.8 Å². The number of hydrogen-bond donors (Lipinski definition) is 0. The molecule has 0 aromatic carbocycles. The highest BCUT2D eigenvalue weighted by atomic mass is 16.5. The fourth-order valence-corrected chi connectivity index (χ4v) is 2.78. The van der Waals surface area contributed by atoms with Gasteiger partial charge < -0.3 is 9.47 Å². The third-order valence-electron chi connectivity index (χ3n) is 3.63. The number of ether oxygens (including phenoxy) is 2. The van der Waals surface area contributed by atoms with Crippen LogP contribution in [0.5, 0.6) is 0 Å². The minimum absolute atomic E-state index is 0.351. The topological polar surface area (TPSA) is 21.7 Å². The van der Waals surface area contributed by atoms with Crippen molar-refractivity contribution < 1.29 is 9.47 Å². The Kier molecular flexibility index (Phi) is 4.22. The highest BCUT2D eigenvalue weighted by Crippen LogP contribution is 2.29. The van der Waals surface area contributed by atoms with E-state index >= 15 is 0 Å². The minimum atomic E-state index is 0.351. The molecule has 2 rings (SSSR count). The van der Waals surface area contributed by atoms with Gasteiger partial charge in [0.1, 0.15) is 0 Å². The van der Waals surface area contributed by atoms with Crippen molar-refractivity contribution in [1.29, 1.82) is 0 Å². The number of hydrogen-bond acceptors (Lipinski definition) is 3. The normalized spacial score (nSPS) is 32.2. The summed E-state index contributed by atoms with van der Waals surface area (Å²) >= 11 is 0. The van der Waals surface area contributed by atoms with Gasteiger partial charge in [0.2, 0.25) is 0 Å². The van der Waals surface area contributed by atoms with Gasteiger partial charge in [0.15, 0.2) is 0 Å². The van der Waals surface area contributed by atoms with E-state index < -0.39 is 0 Å². The lowest BCUT2D eigenvalue weighted by Gasteiger charge is -2.36. The summed E-state index contributed by atoms with van der Waals surface area (Å²) in [5, 5.41) is 0. The van der Waals surface area contributed by atoms with Crippen LogP contribution in [0.15, 0.2) is 0 Å². The first-order valence-electron chi connectivity index (χ1n) is 6.62. The van der Waals surface area contributed by atoms with Gasteiger partial charge in [-0.2, -0.15) is 0 Å². The number of fused-ring (bicyclic) bond motifs is 2. The molecule has 0 saturated carbocycles. The standard InChI is InChI=1S/C13H25NO2/c1-10(2)16-7-11(3)6-14-12-4-5-13(14)9-15-8-12/h10-13H,4-9H2,1-3H3/t11-,12?,13?/m1/s1. The maximum absolute atomic E-state index is 5.68. The van der Waals surface area contributed by atoms with Gasteiger partial charge in [-0.3, -0.25) is 4.90 Å². The quantitative estimate of drug-likeness (QED) is 0.716. The molecule has 2 bridgehead atoms. The van der Waals surface area contributed by atoms with E-state index in [1.54, 1.807) is 0 Å². The van der Waals surface area contributed by atoms with Crippen LogP contribution < -0.4 is 0 Å². The van der Waals surface area contributed by atoms with Gasteiger partial charge in [0.25, 0.3) is 0 Å². The van der Waals surface area contributed by atoms with Gasteiger partial charge in [-0.15, -0.1) is 0 Å². The van der Waals surface area contributed by atoms with Crippen LogP contribution in [-0.4, -0.2) is 49.5 Å². The van der Waals surface area contributed by atoms with Gasteiger partial charge in [0, 0.05) is 18.6 Å². The monoisotopic (exact) mass is 227 g/mol. The Bertz CT molecular complexity index is 204. The molecule has 3 atom stereocenters. The Balaban J connectivity index is 1.76. The highest BCUT2D eigenvalue weighted by Gasteiger charge is 2.37. The first kappa shape index (κ1) is 12.3. The molecule has 0 aliphatic carbocycles. The summed E-state index contributed by atoms with van der Waals surface area (Å²) < 4.78 is 11.3. The average molecular weight is 227 g/mol. The molecule has 2 heterocycles. The molecule has 3 nitrogen and oxygen atoms in total. The second-order valence-corrected chi connectivity index (χ2v) is 5.61. The summed E-state index contributed by atoms with van der Waals surface area (Å²) in [5.41, 5.74) is 0. The molecule has 3 heteroatoms. The van der Waals surface area contributed by atoms with Crippen LogP contribution >= 0.6 is 0 Å². The Morgan fingerprint density at radius 3 is 2.38 bits per heavy atom. The first-order chi connectivity index (χ1) is 7.66. The molecular formula is C13H25NO2. The van der Waals surface area contributed by atoms with Crippen molar-refractivity contribution in [2.24, 2.45) is 5.92 Å². The zero-order valence-electron chi connectivity index (χ0n) is 10.8. The molecular weight excluding hydrogens is 202 g/mol. The van der Waals surface area contributed by atoms with Crippen LogP contribution in [0.25, 0.3) is 0 Å². The van der Waals surface area contributed by atoms with Gasteiger partial charge in [-0.05, 0) is 32.6 Å². The van der Waals surface area contributed by atoms with E-state index in [4.69, 9.17) is 9.47 Å². The van der Waals surface area contributed by atoms with Crippen LogP contribution in [0, 0.1) is 5.92 Å². The molecule has 0 spiro atoms. The van der Waals surface area contributed by atoms with Gasteiger partial charge >= 0.3 is 0 Å². The van der Waals surface area contributed by atoms with Gasteiger partial charge in [-0.25, -0.2) is 0 Å². The second-order valence-electron chi connectivity index (χ2n) is 5.61. The lowest BCUT2D eigenvalue weighted by molar-refractivity contribution is -0.0306. The molecule has 0 amide bonds. The molecule has 0 aromatic rings. The largest absolute Gasteiger partial charge is 0.378 e. The Morgan fingerprint density at radius 2 is 1.81 bits per heavy atom. The predicted octanol–water partition coefficient (Wildman–Crippen LogP) is 1.91. The molecule has 0 radical (unpaired) electrons. The van der Waals surface area contributed by atoms with E-state index in [2.05, 4.69) is 25.7 Å². The summed E-state index contributed by atoms with van der Waals surface area (Å²) in [7, 11) is 0. The van der Waals surface area contributed by atoms with E-state index in [-0.39, 0.29) is 0 Å². The molecule has 2 aliphatic heterocycles. The van der Waals surface area contributed by atoms with E-state index in [1.807, 2.05) is 0 Å². The van der Waals surface area contributed by atoms with Crippen LogP contribution in [0.4, 0.5) is 0 Å². The molecule has 2 unspecified atom stereocenters. The van der Waals surface area contributed by atoms with Gasteiger partial charge in [-0.1, -0.05) is 6.92 Å². The minimum Gasteiger partial charge on any atom is -0.378 e. The molecule has 94 valence electrons. The van der Waals surface area contributed by atoms with Crippen molar-refractivity contribution in [3.05, 3.63) is 0 Å². The molecule has 2 aliphatic rings. The van der Waals surface area contributed by atoms with Crippen molar-refractivity contribution in [2.75, 3.05) is 26.4 Å². The summed E-state index contributed by atoms with van der Waals surface area (Å²) in [6.45, 7) is 10.4. The zero-order chi connectivity index (χ0) is 11.5. The maximum Gasteiger partial charge on any atom is 0.0622 e. The number of nitrogens with zero attached hydrogens (tertiary/aromatic N) is 1. The molecule has 2 saturated heterocycles. The van der Waals surface area contributed by atoms with Crippen molar-refractivity contribution in [3.63, 3.8) is 0 Å². The van der Waals surface area contributed by atoms with Gasteiger partial charge in [0.05, 0.1) is 25.9 Å². The summed E-state index contributed by atoms with van der Waals surface area (Å²) in [4.78, 5) is 2.65. The Morgan fingerprint density at radius 1 is 1.19 bits per heavy atom. The maximum atomic E-state index is 5.68. The highest BCUT2D eigenvalue weighted by molar-refractivity contribution is 4.91.